The summed E-state index contributed by atoms with van der Waals surface area (Å²) in [5.74, 6) is 0.749. The molecule has 2 N–H and O–H groups in total. The number of hydrogen-bond donors (Lipinski definition) is 2. The highest BCUT2D eigenvalue weighted by Gasteiger charge is 2.24. The molecule has 0 saturated carbocycles. The van der Waals surface area contributed by atoms with E-state index in [1.165, 1.54) is 12.8 Å². The van der Waals surface area contributed by atoms with Gasteiger partial charge in [0.15, 0.2) is 0 Å². The third-order valence-corrected chi connectivity index (χ3v) is 3.57. The molecule has 0 saturated heterocycles. The number of rotatable bonds is 10. The van der Waals surface area contributed by atoms with Crippen molar-refractivity contribution < 1.29 is 5.11 Å². The third kappa shape index (κ3) is 8.06. The minimum Gasteiger partial charge on any atom is -0.388 e. The van der Waals surface area contributed by atoms with Crippen LogP contribution in [0.4, 0.5) is 0 Å². The largest absolute Gasteiger partial charge is 0.388 e. The molecular weight excluding hydrogens is 224 g/mol. The Balaban J connectivity index is 4.23. The van der Waals surface area contributed by atoms with Crippen molar-refractivity contribution in [1.82, 2.24) is 10.2 Å². The molecular formula is C15H34N2O. The molecule has 1 unspecified atom stereocenters. The quantitative estimate of drug-likeness (QED) is 0.632. The molecule has 18 heavy (non-hydrogen) atoms. The van der Waals surface area contributed by atoms with Gasteiger partial charge in [0, 0.05) is 25.7 Å². The second-order valence-corrected chi connectivity index (χ2v) is 6.04. The van der Waals surface area contributed by atoms with Gasteiger partial charge in [0.25, 0.3) is 0 Å². The number of nitrogens with zero attached hydrogens (tertiary/aromatic N) is 1. The topological polar surface area (TPSA) is 35.5 Å². The molecule has 3 heteroatoms. The molecule has 0 aromatic carbocycles. The highest BCUT2D eigenvalue weighted by molar-refractivity contribution is 4.81. The monoisotopic (exact) mass is 258 g/mol. The highest BCUT2D eigenvalue weighted by atomic mass is 16.3. The van der Waals surface area contributed by atoms with Crippen LogP contribution in [0.3, 0.4) is 0 Å². The summed E-state index contributed by atoms with van der Waals surface area (Å²) in [5, 5.41) is 13.7. The summed E-state index contributed by atoms with van der Waals surface area (Å²) in [6.45, 7) is 16.3. The standard InChI is InChI=1S/C15H34N2O/c1-7-14(8-2)10-17(9-3)12-15(6,18)11-16-13(4)5/h13-14,16,18H,7-12H2,1-6H3. The van der Waals surface area contributed by atoms with Gasteiger partial charge in [-0.05, 0) is 19.4 Å². The highest BCUT2D eigenvalue weighted by Crippen LogP contribution is 2.13. The van der Waals surface area contributed by atoms with Crippen LogP contribution >= 0.6 is 0 Å². The van der Waals surface area contributed by atoms with Gasteiger partial charge in [-0.2, -0.15) is 0 Å². The first-order valence-electron chi connectivity index (χ1n) is 7.52. The molecule has 0 heterocycles. The normalized spacial score (nSPS) is 15.7. The van der Waals surface area contributed by atoms with Crippen molar-refractivity contribution in [3.05, 3.63) is 0 Å². The molecule has 0 radical (unpaired) electrons. The van der Waals surface area contributed by atoms with Crippen LogP contribution < -0.4 is 5.32 Å². The number of aliphatic hydroxyl groups is 1. The van der Waals surface area contributed by atoms with Crippen molar-refractivity contribution >= 4 is 0 Å². The number of likely N-dealkylation sites (N-methyl/N-ethyl adjacent to an activating group) is 1. The van der Waals surface area contributed by atoms with Gasteiger partial charge in [-0.1, -0.05) is 47.5 Å². The summed E-state index contributed by atoms with van der Waals surface area (Å²) >= 11 is 0. The Hall–Kier alpha value is -0.120. The Bertz CT molecular complexity index is 201. The van der Waals surface area contributed by atoms with Gasteiger partial charge in [-0.15, -0.1) is 0 Å². The fourth-order valence-corrected chi connectivity index (χ4v) is 2.18. The van der Waals surface area contributed by atoms with Crippen LogP contribution in [0.25, 0.3) is 0 Å². The van der Waals surface area contributed by atoms with E-state index in [1.54, 1.807) is 0 Å². The average Bonchev–Trinajstić information content (AvgIpc) is 2.32. The van der Waals surface area contributed by atoms with Crippen LogP contribution in [0, 0.1) is 5.92 Å². The van der Waals surface area contributed by atoms with E-state index >= 15 is 0 Å². The zero-order chi connectivity index (χ0) is 14.2. The second-order valence-electron chi connectivity index (χ2n) is 6.04. The molecule has 0 aliphatic carbocycles. The van der Waals surface area contributed by atoms with Crippen LogP contribution in [0.5, 0.6) is 0 Å². The molecule has 0 bridgehead atoms. The van der Waals surface area contributed by atoms with Gasteiger partial charge in [-0.25, -0.2) is 0 Å². The molecule has 1 atom stereocenters. The fourth-order valence-electron chi connectivity index (χ4n) is 2.18. The van der Waals surface area contributed by atoms with E-state index in [0.29, 0.717) is 12.6 Å². The van der Waals surface area contributed by atoms with Crippen molar-refractivity contribution in [1.29, 1.82) is 0 Å². The summed E-state index contributed by atoms with van der Waals surface area (Å²) in [4.78, 5) is 2.37. The van der Waals surface area contributed by atoms with Crippen LogP contribution in [0.1, 0.15) is 54.4 Å². The maximum absolute atomic E-state index is 10.4. The second kappa shape index (κ2) is 8.89. The number of hydrogen-bond acceptors (Lipinski definition) is 3. The molecule has 0 spiro atoms. The van der Waals surface area contributed by atoms with Crippen LogP contribution in [-0.4, -0.2) is 47.8 Å². The van der Waals surface area contributed by atoms with Gasteiger partial charge in [0.05, 0.1) is 5.60 Å². The first-order chi connectivity index (χ1) is 8.34. The van der Waals surface area contributed by atoms with Crippen LogP contribution in [-0.2, 0) is 0 Å². The van der Waals surface area contributed by atoms with Gasteiger partial charge < -0.3 is 15.3 Å². The summed E-state index contributed by atoms with van der Waals surface area (Å²) < 4.78 is 0. The summed E-state index contributed by atoms with van der Waals surface area (Å²) in [6, 6.07) is 0.422. The van der Waals surface area contributed by atoms with Gasteiger partial charge in [0.2, 0.25) is 0 Å². The molecule has 0 amide bonds. The first-order valence-corrected chi connectivity index (χ1v) is 7.52. The lowest BCUT2D eigenvalue weighted by Crippen LogP contribution is -2.49. The lowest BCUT2D eigenvalue weighted by atomic mass is 10.0. The van der Waals surface area contributed by atoms with Gasteiger partial charge >= 0.3 is 0 Å². The predicted molar refractivity (Wildman–Crippen MR) is 79.9 cm³/mol. The first kappa shape index (κ1) is 17.9. The molecule has 0 rings (SSSR count). The van der Waals surface area contributed by atoms with E-state index in [2.05, 4.69) is 44.8 Å². The molecule has 0 fully saturated rings. The molecule has 0 aliphatic heterocycles. The Labute approximate surface area is 114 Å². The zero-order valence-corrected chi connectivity index (χ0v) is 13.3. The van der Waals surface area contributed by atoms with E-state index in [-0.39, 0.29) is 0 Å². The Morgan fingerprint density at radius 2 is 1.72 bits per heavy atom. The molecule has 0 aromatic rings. The summed E-state index contributed by atoms with van der Waals surface area (Å²) in [7, 11) is 0. The Morgan fingerprint density at radius 1 is 1.17 bits per heavy atom. The molecule has 3 nitrogen and oxygen atoms in total. The van der Waals surface area contributed by atoms with Gasteiger partial charge in [-0.3, -0.25) is 0 Å². The predicted octanol–water partition coefficient (Wildman–Crippen LogP) is 2.49. The van der Waals surface area contributed by atoms with Crippen molar-refractivity contribution in [3.8, 4) is 0 Å². The van der Waals surface area contributed by atoms with Crippen molar-refractivity contribution in [2.75, 3.05) is 26.2 Å². The van der Waals surface area contributed by atoms with Crippen LogP contribution in [0.15, 0.2) is 0 Å². The lowest BCUT2D eigenvalue weighted by Gasteiger charge is -2.33. The third-order valence-electron chi connectivity index (χ3n) is 3.57. The minimum atomic E-state index is -0.647. The van der Waals surface area contributed by atoms with Crippen molar-refractivity contribution in [3.63, 3.8) is 0 Å². The van der Waals surface area contributed by atoms with E-state index < -0.39 is 5.60 Å². The zero-order valence-electron chi connectivity index (χ0n) is 13.3. The Kier molecular flexibility index (Phi) is 8.83. The molecule has 110 valence electrons. The van der Waals surface area contributed by atoms with E-state index in [4.69, 9.17) is 0 Å². The van der Waals surface area contributed by atoms with Crippen molar-refractivity contribution in [2.24, 2.45) is 5.92 Å². The molecule has 0 aromatic heterocycles. The number of nitrogens with one attached hydrogen (secondary N) is 1. The maximum atomic E-state index is 10.4. The smallest absolute Gasteiger partial charge is 0.0869 e. The van der Waals surface area contributed by atoms with Crippen molar-refractivity contribution in [2.45, 2.75) is 66.0 Å². The average molecular weight is 258 g/mol. The lowest BCUT2D eigenvalue weighted by molar-refractivity contribution is 0.0154. The van der Waals surface area contributed by atoms with Crippen LogP contribution in [0.2, 0.25) is 0 Å². The fraction of sp³-hybridized carbons (Fsp3) is 1.00. The van der Waals surface area contributed by atoms with E-state index in [1.807, 2.05) is 6.92 Å². The SMILES string of the molecule is CCC(CC)CN(CC)CC(C)(O)CNC(C)C. The Morgan fingerprint density at radius 3 is 2.11 bits per heavy atom. The summed E-state index contributed by atoms with van der Waals surface area (Å²) in [5.41, 5.74) is -0.647. The summed E-state index contributed by atoms with van der Waals surface area (Å²) in [6.07, 6.45) is 2.44. The maximum Gasteiger partial charge on any atom is 0.0869 e. The van der Waals surface area contributed by atoms with E-state index in [9.17, 15) is 5.11 Å². The van der Waals surface area contributed by atoms with Gasteiger partial charge in [0.1, 0.15) is 0 Å². The van der Waals surface area contributed by atoms with E-state index in [0.717, 1.165) is 25.6 Å². The molecule has 0 aliphatic rings. The minimum absolute atomic E-state index is 0.422.